The normalized spacial score (nSPS) is 9.25. The summed E-state index contributed by atoms with van der Waals surface area (Å²) in [5, 5.41) is 13.0. The van der Waals surface area contributed by atoms with Gasteiger partial charge in [-0.25, -0.2) is 0 Å². The number of carbonyl (C=O) groups excluding carboxylic acids is 2. The Morgan fingerprint density at radius 2 is 1.80 bits per heavy atom. The molecule has 2 amide bonds. The van der Waals surface area contributed by atoms with Crippen molar-refractivity contribution in [3.63, 3.8) is 0 Å². The molecule has 0 spiro atoms. The van der Waals surface area contributed by atoms with Crippen molar-refractivity contribution >= 4 is 17.5 Å². The van der Waals surface area contributed by atoms with Gasteiger partial charge in [-0.15, -0.1) is 0 Å². The van der Waals surface area contributed by atoms with E-state index in [0.29, 0.717) is 5.56 Å². The molecule has 0 atom stereocenters. The Bertz CT molecular complexity index is 605. The molecule has 0 aliphatic rings. The van der Waals surface area contributed by atoms with E-state index < -0.39 is 11.8 Å². The minimum absolute atomic E-state index is 0. The van der Waals surface area contributed by atoms with Crippen molar-refractivity contribution in [3.8, 4) is 0 Å². The maximum atomic E-state index is 11.9. The molecule has 1 aromatic carbocycles. The van der Waals surface area contributed by atoms with Crippen LogP contribution < -0.4 is 40.4 Å². The fraction of sp³-hybridized carbons (Fsp3) is 0. The van der Waals surface area contributed by atoms with Crippen LogP contribution in [0.1, 0.15) is 20.7 Å². The second kappa shape index (κ2) is 7.76. The van der Waals surface area contributed by atoms with Crippen molar-refractivity contribution in [2.45, 2.75) is 0 Å². The van der Waals surface area contributed by atoms with E-state index in [9.17, 15) is 14.8 Å². The summed E-state index contributed by atoms with van der Waals surface area (Å²) in [4.78, 5) is 27.1. The number of hydrogen-bond donors (Lipinski definition) is 2. The third kappa shape index (κ3) is 3.88. The smallest absolute Gasteiger partial charge is 0.759 e. The molecule has 2 aromatic rings. The summed E-state index contributed by atoms with van der Waals surface area (Å²) < 4.78 is 0. The van der Waals surface area contributed by atoms with Gasteiger partial charge in [-0.1, -0.05) is 12.1 Å². The number of aromatic nitrogens is 1. The van der Waals surface area contributed by atoms with E-state index in [1.807, 2.05) is 0 Å². The number of nitrogens with one attached hydrogen (secondary N) is 2. The van der Waals surface area contributed by atoms with Crippen LogP contribution in [0.2, 0.25) is 0 Å². The number of nitrogens with zero attached hydrogens (tertiary/aromatic N) is 1. The predicted octanol–water partition coefficient (Wildman–Crippen LogP) is -1.43. The van der Waals surface area contributed by atoms with Crippen LogP contribution in [0.5, 0.6) is 0 Å². The Kier molecular flexibility index (Phi) is 6.33. The number of hydroxylamine groups is 1. The Morgan fingerprint density at radius 3 is 2.45 bits per heavy atom. The number of carbonyl (C=O) groups is 2. The van der Waals surface area contributed by atoms with Gasteiger partial charge >= 0.3 is 29.6 Å². The zero-order valence-electron chi connectivity index (χ0n) is 10.8. The minimum Gasteiger partial charge on any atom is -0.759 e. The van der Waals surface area contributed by atoms with Gasteiger partial charge in [0.25, 0.3) is 5.91 Å². The molecular formula is C13H10N3NaO3. The van der Waals surface area contributed by atoms with E-state index in [1.54, 1.807) is 36.5 Å². The number of rotatable bonds is 3. The molecule has 0 saturated heterocycles. The minimum atomic E-state index is -0.804. The summed E-state index contributed by atoms with van der Waals surface area (Å²) in [5.41, 5.74) is 2.02. The Hall–Kier alpha value is -1.73. The molecule has 0 bridgehead atoms. The first-order valence-corrected chi connectivity index (χ1v) is 5.45. The number of benzene rings is 1. The van der Waals surface area contributed by atoms with Gasteiger partial charge in [-0.05, 0) is 24.3 Å². The second-order valence-electron chi connectivity index (χ2n) is 3.67. The van der Waals surface area contributed by atoms with E-state index in [2.05, 4.69) is 10.3 Å². The molecule has 7 heteroatoms. The topological polar surface area (TPSA) is 94.2 Å². The summed E-state index contributed by atoms with van der Waals surface area (Å²) in [7, 11) is 0. The Labute approximate surface area is 137 Å². The summed E-state index contributed by atoms with van der Waals surface area (Å²) in [6, 6.07) is 9.47. The Balaban J connectivity index is 0.00000200. The Morgan fingerprint density at radius 1 is 1.05 bits per heavy atom. The largest absolute Gasteiger partial charge is 1.00 e. The average Bonchev–Trinajstić information content (AvgIpc) is 2.48. The molecule has 96 valence electrons. The summed E-state index contributed by atoms with van der Waals surface area (Å²) >= 11 is 0. The van der Waals surface area contributed by atoms with E-state index in [1.165, 1.54) is 17.7 Å². The van der Waals surface area contributed by atoms with Crippen molar-refractivity contribution in [3.05, 3.63) is 65.1 Å². The van der Waals surface area contributed by atoms with Gasteiger partial charge in [0.15, 0.2) is 0 Å². The first-order chi connectivity index (χ1) is 9.22. The van der Waals surface area contributed by atoms with Crippen LogP contribution in [0.4, 0.5) is 5.69 Å². The summed E-state index contributed by atoms with van der Waals surface area (Å²) in [6.07, 6.45) is 2.96. The first kappa shape index (κ1) is 16.3. The van der Waals surface area contributed by atoms with Crippen LogP contribution in [-0.4, -0.2) is 16.8 Å². The van der Waals surface area contributed by atoms with Gasteiger partial charge in [-0.3, -0.25) is 14.6 Å². The zero-order valence-corrected chi connectivity index (χ0v) is 12.8. The van der Waals surface area contributed by atoms with Gasteiger partial charge in [0.1, 0.15) is 0 Å². The van der Waals surface area contributed by atoms with E-state index in [4.69, 9.17) is 0 Å². The summed E-state index contributed by atoms with van der Waals surface area (Å²) in [5.74, 6) is -1.21. The molecule has 1 aromatic heterocycles. The summed E-state index contributed by atoms with van der Waals surface area (Å²) in [6.45, 7) is 0. The molecule has 1 heterocycles. The number of amides is 2. The van der Waals surface area contributed by atoms with Crippen molar-refractivity contribution in [1.29, 1.82) is 0 Å². The quantitative estimate of drug-likeness (QED) is 0.532. The van der Waals surface area contributed by atoms with Crippen LogP contribution in [-0.2, 0) is 0 Å². The van der Waals surface area contributed by atoms with Crippen molar-refractivity contribution in [2.75, 3.05) is 5.32 Å². The van der Waals surface area contributed by atoms with Crippen LogP contribution in [0, 0.1) is 5.21 Å². The van der Waals surface area contributed by atoms with Gasteiger partial charge in [0, 0.05) is 12.4 Å². The van der Waals surface area contributed by atoms with Crippen LogP contribution in [0.3, 0.4) is 0 Å². The first-order valence-electron chi connectivity index (χ1n) is 5.45. The third-order valence-corrected chi connectivity index (χ3v) is 2.44. The molecule has 6 nitrogen and oxygen atoms in total. The zero-order chi connectivity index (χ0) is 13.7. The molecule has 0 aliphatic carbocycles. The second-order valence-corrected chi connectivity index (χ2v) is 3.67. The van der Waals surface area contributed by atoms with Crippen molar-refractivity contribution < 1.29 is 39.1 Å². The SMILES string of the molecule is O=C(Nc1ccccc1C(=O)N[O-])c1cccnc1.[Na+]. The van der Waals surface area contributed by atoms with Gasteiger partial charge in [0.2, 0.25) is 5.91 Å². The van der Waals surface area contributed by atoms with Crippen LogP contribution in [0.15, 0.2) is 48.8 Å². The maximum Gasteiger partial charge on any atom is 1.00 e. The fourth-order valence-corrected chi connectivity index (χ4v) is 1.54. The molecule has 0 fully saturated rings. The number of anilines is 1. The van der Waals surface area contributed by atoms with Gasteiger partial charge in [0.05, 0.1) is 16.8 Å². The van der Waals surface area contributed by atoms with Crippen LogP contribution >= 0.6 is 0 Å². The molecule has 0 unspecified atom stereocenters. The van der Waals surface area contributed by atoms with E-state index in [0.717, 1.165) is 0 Å². The van der Waals surface area contributed by atoms with E-state index >= 15 is 0 Å². The van der Waals surface area contributed by atoms with Gasteiger partial charge in [-0.2, -0.15) is 0 Å². The molecule has 2 N–H and O–H groups in total. The predicted molar refractivity (Wildman–Crippen MR) is 69.5 cm³/mol. The van der Waals surface area contributed by atoms with E-state index in [-0.39, 0.29) is 40.8 Å². The van der Waals surface area contributed by atoms with Crippen molar-refractivity contribution in [2.24, 2.45) is 0 Å². The number of para-hydroxylation sites is 1. The number of hydrogen-bond acceptors (Lipinski definition) is 4. The molecule has 0 saturated carbocycles. The molecule has 20 heavy (non-hydrogen) atoms. The monoisotopic (exact) mass is 279 g/mol. The molecule has 0 aliphatic heterocycles. The molecule has 0 radical (unpaired) electrons. The van der Waals surface area contributed by atoms with Gasteiger partial charge < -0.3 is 16.0 Å². The fourth-order valence-electron chi connectivity index (χ4n) is 1.54. The molecular weight excluding hydrogens is 269 g/mol. The standard InChI is InChI=1S/C13H10N3O3.Na/c17-12(9-4-3-7-14-8-9)15-11-6-2-1-5-10(11)13(18)16-19;/h1-8H,(H2-,15,16,17,18,19);/q-1;+1. The maximum absolute atomic E-state index is 11.9. The number of pyridine rings is 1. The van der Waals surface area contributed by atoms with Crippen molar-refractivity contribution in [1.82, 2.24) is 10.5 Å². The molecule has 2 rings (SSSR count). The third-order valence-electron chi connectivity index (χ3n) is 2.44. The van der Waals surface area contributed by atoms with Crippen LogP contribution in [0.25, 0.3) is 0 Å². The average molecular weight is 279 g/mol.